The van der Waals surface area contributed by atoms with Crippen molar-refractivity contribution in [3.05, 3.63) is 29.3 Å². The van der Waals surface area contributed by atoms with Gasteiger partial charge in [-0.15, -0.1) is 0 Å². The molecule has 0 aromatic heterocycles. The number of nitrogens with one attached hydrogen (secondary N) is 1. The molecule has 6 nitrogen and oxygen atoms in total. The van der Waals surface area contributed by atoms with E-state index >= 15 is 0 Å². The van der Waals surface area contributed by atoms with E-state index in [0.29, 0.717) is 12.0 Å². The smallest absolute Gasteiger partial charge is 0.322 e. The number of carbonyl (C=O) groups excluding carboxylic acids is 2. The molecule has 0 spiro atoms. The van der Waals surface area contributed by atoms with E-state index in [1.807, 2.05) is 0 Å². The first-order chi connectivity index (χ1) is 8.08. The van der Waals surface area contributed by atoms with Crippen molar-refractivity contribution in [2.75, 3.05) is 13.7 Å². The van der Waals surface area contributed by atoms with Crippen molar-refractivity contribution < 1.29 is 24.2 Å². The summed E-state index contributed by atoms with van der Waals surface area (Å²) in [5.74, 6) is -1.32. The first-order valence-corrected chi connectivity index (χ1v) is 4.71. The van der Waals surface area contributed by atoms with E-state index in [1.54, 1.807) is 0 Å². The van der Waals surface area contributed by atoms with Crippen molar-refractivity contribution in [2.45, 2.75) is 0 Å². The molecule has 0 aliphatic rings. The lowest BCUT2D eigenvalue weighted by atomic mass is 10.1. The lowest BCUT2D eigenvalue weighted by molar-refractivity contribution is -0.135. The van der Waals surface area contributed by atoms with Crippen molar-refractivity contribution in [3.8, 4) is 5.75 Å². The van der Waals surface area contributed by atoms with Crippen molar-refractivity contribution in [2.24, 2.45) is 0 Å². The standard InChI is InChI=1S/C11H11NO5/c1-17-8-2-3-9(7(4-8)6-13)11(16)12-5-10(14)15/h2-4,6H,5H2,1H3,(H,12,16)(H,14,15). The highest BCUT2D eigenvalue weighted by Crippen LogP contribution is 2.16. The quantitative estimate of drug-likeness (QED) is 0.719. The van der Waals surface area contributed by atoms with E-state index < -0.39 is 18.4 Å². The molecule has 0 aliphatic carbocycles. The van der Waals surface area contributed by atoms with Crippen LogP contribution < -0.4 is 10.1 Å². The Morgan fingerprint density at radius 3 is 2.71 bits per heavy atom. The second-order valence-electron chi connectivity index (χ2n) is 3.15. The molecule has 0 saturated heterocycles. The van der Waals surface area contributed by atoms with Gasteiger partial charge in [-0.2, -0.15) is 0 Å². The SMILES string of the molecule is COc1ccc(C(=O)NCC(=O)O)c(C=O)c1. The lowest BCUT2D eigenvalue weighted by Gasteiger charge is -2.06. The largest absolute Gasteiger partial charge is 0.497 e. The van der Waals surface area contributed by atoms with E-state index in [0.717, 1.165) is 0 Å². The number of amides is 1. The fourth-order valence-electron chi connectivity index (χ4n) is 1.22. The summed E-state index contributed by atoms with van der Waals surface area (Å²) in [7, 11) is 1.44. The first kappa shape index (κ1) is 12.7. The first-order valence-electron chi connectivity index (χ1n) is 4.71. The van der Waals surface area contributed by atoms with Gasteiger partial charge in [0.15, 0.2) is 6.29 Å². The van der Waals surface area contributed by atoms with Crippen molar-refractivity contribution in [1.29, 1.82) is 0 Å². The van der Waals surface area contributed by atoms with Crippen LogP contribution in [0.3, 0.4) is 0 Å². The van der Waals surface area contributed by atoms with Crippen molar-refractivity contribution in [1.82, 2.24) is 5.32 Å². The molecule has 0 fully saturated rings. The molecule has 2 N–H and O–H groups in total. The molecule has 1 amide bonds. The summed E-state index contributed by atoms with van der Waals surface area (Å²) in [6, 6.07) is 4.32. The number of carbonyl (C=O) groups is 3. The van der Waals surface area contributed by atoms with E-state index in [2.05, 4.69) is 5.32 Å². The average molecular weight is 237 g/mol. The lowest BCUT2D eigenvalue weighted by Crippen LogP contribution is -2.29. The van der Waals surface area contributed by atoms with Crippen LogP contribution in [-0.4, -0.2) is 36.9 Å². The second-order valence-corrected chi connectivity index (χ2v) is 3.15. The van der Waals surface area contributed by atoms with E-state index in [1.165, 1.54) is 25.3 Å². The number of aliphatic carboxylic acids is 1. The molecule has 0 saturated carbocycles. The third-order valence-corrected chi connectivity index (χ3v) is 2.03. The van der Waals surface area contributed by atoms with Crippen LogP contribution >= 0.6 is 0 Å². The van der Waals surface area contributed by atoms with Crippen LogP contribution in [0.5, 0.6) is 5.75 Å². The molecule has 0 radical (unpaired) electrons. The minimum Gasteiger partial charge on any atom is -0.497 e. The number of hydrogen-bond acceptors (Lipinski definition) is 4. The van der Waals surface area contributed by atoms with Gasteiger partial charge >= 0.3 is 5.97 Å². The van der Waals surface area contributed by atoms with Crippen LogP contribution in [-0.2, 0) is 4.79 Å². The number of benzene rings is 1. The molecule has 6 heteroatoms. The van der Waals surface area contributed by atoms with Crippen LogP contribution in [0.2, 0.25) is 0 Å². The van der Waals surface area contributed by atoms with Crippen LogP contribution in [0.15, 0.2) is 18.2 Å². The summed E-state index contributed by atoms with van der Waals surface area (Å²) in [5.41, 5.74) is 0.259. The van der Waals surface area contributed by atoms with Crippen LogP contribution in [0.4, 0.5) is 0 Å². The van der Waals surface area contributed by atoms with E-state index in [4.69, 9.17) is 9.84 Å². The number of ether oxygens (including phenoxy) is 1. The minimum atomic E-state index is -1.15. The number of aldehydes is 1. The number of methoxy groups -OCH3 is 1. The average Bonchev–Trinajstić information content (AvgIpc) is 2.34. The normalized spacial score (nSPS) is 9.47. The van der Waals surface area contributed by atoms with E-state index in [-0.39, 0.29) is 11.1 Å². The Kier molecular flexibility index (Phi) is 4.21. The summed E-state index contributed by atoms with van der Waals surface area (Å²) in [5, 5.41) is 10.6. The predicted octanol–water partition coefficient (Wildman–Crippen LogP) is 0.322. The maximum absolute atomic E-state index is 11.6. The molecule has 0 heterocycles. The summed E-state index contributed by atoms with van der Waals surface area (Å²) in [6.45, 7) is -0.497. The van der Waals surface area contributed by atoms with Crippen LogP contribution in [0, 0.1) is 0 Å². The van der Waals surface area contributed by atoms with Gasteiger partial charge in [0.25, 0.3) is 5.91 Å². The van der Waals surface area contributed by atoms with Crippen LogP contribution in [0.25, 0.3) is 0 Å². The number of hydrogen-bond donors (Lipinski definition) is 2. The number of carboxylic acids is 1. The Morgan fingerprint density at radius 1 is 1.47 bits per heavy atom. The molecule has 0 aliphatic heterocycles. The van der Waals surface area contributed by atoms with Gasteiger partial charge in [0.05, 0.1) is 12.7 Å². The summed E-state index contributed by atoms with van der Waals surface area (Å²) in [6.07, 6.45) is 0.512. The monoisotopic (exact) mass is 237 g/mol. The van der Waals surface area contributed by atoms with Gasteiger partial charge in [0.2, 0.25) is 0 Å². The maximum atomic E-state index is 11.6. The third-order valence-electron chi connectivity index (χ3n) is 2.03. The summed E-state index contributed by atoms with van der Waals surface area (Å²) >= 11 is 0. The zero-order valence-electron chi connectivity index (χ0n) is 9.10. The van der Waals surface area contributed by atoms with Gasteiger partial charge in [-0.1, -0.05) is 0 Å². The molecule has 90 valence electrons. The van der Waals surface area contributed by atoms with Gasteiger partial charge in [0.1, 0.15) is 12.3 Å². The zero-order valence-corrected chi connectivity index (χ0v) is 9.10. The van der Waals surface area contributed by atoms with Gasteiger partial charge in [-0.25, -0.2) is 0 Å². The fourth-order valence-corrected chi connectivity index (χ4v) is 1.22. The third kappa shape index (κ3) is 3.30. The highest BCUT2D eigenvalue weighted by Gasteiger charge is 2.12. The van der Waals surface area contributed by atoms with Gasteiger partial charge in [-0.3, -0.25) is 14.4 Å². The Morgan fingerprint density at radius 2 is 2.18 bits per heavy atom. The van der Waals surface area contributed by atoms with E-state index in [9.17, 15) is 14.4 Å². The molecule has 0 atom stereocenters. The molecule has 0 unspecified atom stereocenters. The molecule has 17 heavy (non-hydrogen) atoms. The number of carboxylic acid groups (broad SMARTS) is 1. The summed E-state index contributed by atoms with van der Waals surface area (Å²) in [4.78, 5) is 32.6. The van der Waals surface area contributed by atoms with Gasteiger partial charge < -0.3 is 15.2 Å². The van der Waals surface area contributed by atoms with Gasteiger partial charge in [0, 0.05) is 5.56 Å². The molecular weight excluding hydrogens is 226 g/mol. The van der Waals surface area contributed by atoms with Crippen LogP contribution in [0.1, 0.15) is 20.7 Å². The zero-order chi connectivity index (χ0) is 12.8. The maximum Gasteiger partial charge on any atom is 0.322 e. The highest BCUT2D eigenvalue weighted by atomic mass is 16.5. The topological polar surface area (TPSA) is 92.7 Å². The molecule has 1 aromatic rings. The highest BCUT2D eigenvalue weighted by molar-refractivity contribution is 6.02. The Balaban J connectivity index is 2.93. The molecule has 0 bridgehead atoms. The van der Waals surface area contributed by atoms with Crippen molar-refractivity contribution in [3.63, 3.8) is 0 Å². The molecule has 1 aromatic carbocycles. The minimum absolute atomic E-state index is 0.113. The fraction of sp³-hybridized carbons (Fsp3) is 0.182. The Labute approximate surface area is 97.2 Å². The van der Waals surface area contributed by atoms with Gasteiger partial charge in [-0.05, 0) is 18.2 Å². The van der Waals surface area contributed by atoms with Crippen molar-refractivity contribution >= 4 is 18.2 Å². The Bertz CT molecular complexity index is 455. The molecular formula is C11H11NO5. The predicted molar refractivity (Wildman–Crippen MR) is 58.4 cm³/mol. The molecule has 1 rings (SSSR count). The second kappa shape index (κ2) is 5.64. The number of rotatable bonds is 5. The Hall–Kier alpha value is -2.37. The summed E-state index contributed by atoms with van der Waals surface area (Å²) < 4.78 is 4.90.